The van der Waals surface area contributed by atoms with Crippen molar-refractivity contribution in [3.8, 4) is 0 Å². The molecule has 7 heavy (non-hydrogen) atoms. The molecule has 0 aromatic rings. The molecule has 0 unspecified atom stereocenters. The smallest absolute Gasteiger partial charge is 0.828 e. The Morgan fingerprint density at radius 2 is 1.14 bits per heavy atom. The molecule has 0 amide bonds. The van der Waals surface area contributed by atoms with E-state index < -0.39 is 9.05 Å². The molecule has 0 rings (SSSR count). The van der Waals surface area contributed by atoms with E-state index in [1.165, 1.54) is 0 Å². The van der Waals surface area contributed by atoms with Gasteiger partial charge in [-0.3, -0.25) is 0 Å². The summed E-state index contributed by atoms with van der Waals surface area (Å²) < 4.78 is 0. The van der Waals surface area contributed by atoms with Crippen LogP contribution in [0.15, 0.2) is 0 Å². The summed E-state index contributed by atoms with van der Waals surface area (Å²) >= 11 is 0. The van der Waals surface area contributed by atoms with Crippen molar-refractivity contribution < 1.29 is 89.4 Å². The van der Waals surface area contributed by atoms with E-state index in [1.54, 1.807) is 0 Å². The molecule has 0 aromatic heterocycles. The summed E-state index contributed by atoms with van der Waals surface area (Å²) in [6.07, 6.45) is 0. The van der Waals surface area contributed by atoms with E-state index in [2.05, 4.69) is 0 Å². The van der Waals surface area contributed by atoms with Crippen LogP contribution < -0.4 is 79.8 Å². The molecule has 0 saturated heterocycles. The van der Waals surface area contributed by atoms with Crippen LogP contribution in [0.1, 0.15) is 0 Å². The molecule has 7 heteroatoms. The quantitative estimate of drug-likeness (QED) is 0.327. The molecule has 32 valence electrons. The first-order chi connectivity index (χ1) is 2.00. The standard InChI is InChI=1S/K.Li.H2O4Si/c;;1-5(2,3)4/h;;1-2H/q2*+1;-2. The second kappa shape index (κ2) is 6.41. The van der Waals surface area contributed by atoms with Gasteiger partial charge < -0.3 is 19.2 Å². The van der Waals surface area contributed by atoms with Gasteiger partial charge in [-0.2, -0.15) is 0 Å². The zero-order valence-corrected chi connectivity index (χ0v) is 8.33. The Hall–Kier alpha value is 2.29. The molecule has 0 heterocycles. The van der Waals surface area contributed by atoms with Crippen molar-refractivity contribution >= 4 is 9.05 Å². The summed E-state index contributed by atoms with van der Waals surface area (Å²) in [6.45, 7) is 0. The Labute approximate surface area is 96.6 Å². The van der Waals surface area contributed by atoms with Crippen LogP contribution in [0, 0.1) is 0 Å². The Morgan fingerprint density at radius 3 is 1.14 bits per heavy atom. The topological polar surface area (TPSA) is 86.6 Å². The van der Waals surface area contributed by atoms with E-state index in [4.69, 9.17) is 19.2 Å². The van der Waals surface area contributed by atoms with Gasteiger partial charge in [0.1, 0.15) is 9.05 Å². The van der Waals surface area contributed by atoms with Gasteiger partial charge in [0.15, 0.2) is 0 Å². The molecule has 0 atom stereocenters. The van der Waals surface area contributed by atoms with E-state index in [-0.39, 0.29) is 70.2 Å². The molecule has 0 aliphatic rings. The maximum absolute atomic E-state index is 8.80. The van der Waals surface area contributed by atoms with Crippen molar-refractivity contribution in [3.63, 3.8) is 0 Å². The van der Waals surface area contributed by atoms with E-state index in [1.807, 2.05) is 0 Å². The van der Waals surface area contributed by atoms with Gasteiger partial charge in [0, 0.05) is 0 Å². The molecular formula is H2KLiO4Si. The molecule has 0 radical (unpaired) electrons. The minimum atomic E-state index is -5.11. The zero-order chi connectivity index (χ0) is 4.50. The first-order valence-corrected chi connectivity index (χ1v) is 2.57. The molecule has 0 spiro atoms. The SMILES string of the molecule is [K+].[Li+].[O-][Si]([O-])(O)O. The van der Waals surface area contributed by atoms with Crippen LogP contribution in [0.5, 0.6) is 0 Å². The average molecular weight is 140 g/mol. The summed E-state index contributed by atoms with van der Waals surface area (Å²) in [6, 6.07) is 0. The molecule has 0 saturated carbocycles. The zero-order valence-electron chi connectivity index (χ0n) is 4.21. The molecule has 2 N–H and O–H groups in total. The van der Waals surface area contributed by atoms with Crippen molar-refractivity contribution in [1.29, 1.82) is 0 Å². The van der Waals surface area contributed by atoms with Crippen molar-refractivity contribution in [2.75, 3.05) is 0 Å². The number of hydrogen-bond acceptors (Lipinski definition) is 4. The molecular weight excluding hydrogens is 138 g/mol. The van der Waals surface area contributed by atoms with Gasteiger partial charge in [-0.15, -0.1) is 0 Å². The summed E-state index contributed by atoms with van der Waals surface area (Å²) in [5.74, 6) is 0. The number of hydrogen-bond donors (Lipinski definition) is 2. The first kappa shape index (κ1) is 16.1. The minimum Gasteiger partial charge on any atom is -0.828 e. The van der Waals surface area contributed by atoms with Crippen LogP contribution in [0.2, 0.25) is 0 Å². The van der Waals surface area contributed by atoms with Gasteiger partial charge in [-0.05, 0) is 0 Å². The van der Waals surface area contributed by atoms with Gasteiger partial charge in [0.2, 0.25) is 0 Å². The van der Waals surface area contributed by atoms with Crippen molar-refractivity contribution in [2.24, 2.45) is 0 Å². The van der Waals surface area contributed by atoms with Gasteiger partial charge in [0.25, 0.3) is 0 Å². The molecule has 0 aromatic carbocycles. The molecule has 0 aliphatic carbocycles. The largest absolute Gasteiger partial charge is 1.00 e. The van der Waals surface area contributed by atoms with E-state index in [0.717, 1.165) is 0 Å². The Morgan fingerprint density at radius 1 is 1.14 bits per heavy atom. The van der Waals surface area contributed by atoms with Crippen LogP contribution >= 0.6 is 0 Å². The molecule has 0 fully saturated rings. The summed E-state index contributed by atoms with van der Waals surface area (Å²) in [5, 5.41) is 0. The third kappa shape index (κ3) is 62.5. The van der Waals surface area contributed by atoms with Gasteiger partial charge >= 0.3 is 70.2 Å². The predicted molar refractivity (Wildman–Crippen MR) is 10.2 cm³/mol. The fourth-order valence-corrected chi connectivity index (χ4v) is 0. The van der Waals surface area contributed by atoms with E-state index in [0.29, 0.717) is 0 Å². The van der Waals surface area contributed by atoms with Crippen LogP contribution in [0.25, 0.3) is 0 Å². The van der Waals surface area contributed by atoms with Crippen molar-refractivity contribution in [1.82, 2.24) is 0 Å². The fourth-order valence-electron chi connectivity index (χ4n) is 0. The number of rotatable bonds is 0. The summed E-state index contributed by atoms with van der Waals surface area (Å²) in [7, 11) is -5.11. The normalized spacial score (nSPS) is 8.57. The first-order valence-electron chi connectivity index (χ1n) is 0.855. The molecule has 4 nitrogen and oxygen atoms in total. The Kier molecular flexibility index (Phi) is 14.8. The van der Waals surface area contributed by atoms with Crippen LogP contribution in [-0.2, 0) is 0 Å². The Balaban J connectivity index is -0.0000000800. The Bertz CT molecular complexity index is 27.2. The summed E-state index contributed by atoms with van der Waals surface area (Å²) in [4.78, 5) is 31.8. The maximum Gasteiger partial charge on any atom is 1.00 e. The monoisotopic (exact) mass is 140 g/mol. The van der Waals surface area contributed by atoms with Crippen molar-refractivity contribution in [2.45, 2.75) is 0 Å². The third-order valence-electron chi connectivity index (χ3n) is 0. The van der Waals surface area contributed by atoms with Crippen molar-refractivity contribution in [3.05, 3.63) is 0 Å². The third-order valence-corrected chi connectivity index (χ3v) is 0. The van der Waals surface area contributed by atoms with Gasteiger partial charge in [0.05, 0.1) is 0 Å². The average Bonchev–Trinajstić information content (AvgIpc) is 0.722. The summed E-state index contributed by atoms with van der Waals surface area (Å²) in [5.41, 5.74) is 0. The maximum atomic E-state index is 8.80. The molecule has 0 aliphatic heterocycles. The van der Waals surface area contributed by atoms with Crippen LogP contribution in [0.4, 0.5) is 0 Å². The van der Waals surface area contributed by atoms with Gasteiger partial charge in [-0.25, -0.2) is 0 Å². The second-order valence-corrected chi connectivity index (χ2v) is 1.65. The molecule has 0 bridgehead atoms. The van der Waals surface area contributed by atoms with Crippen LogP contribution in [0.3, 0.4) is 0 Å². The van der Waals surface area contributed by atoms with Gasteiger partial charge in [-0.1, -0.05) is 0 Å². The second-order valence-electron chi connectivity index (χ2n) is 0.548. The minimum absolute atomic E-state index is 0. The van der Waals surface area contributed by atoms with E-state index in [9.17, 15) is 0 Å². The fraction of sp³-hybridized carbons (Fsp3) is 0. The van der Waals surface area contributed by atoms with Crippen LogP contribution in [-0.4, -0.2) is 18.6 Å². The predicted octanol–water partition coefficient (Wildman–Crippen LogP) is -9.86. The van der Waals surface area contributed by atoms with E-state index >= 15 is 0 Å².